The first-order valence-electron chi connectivity index (χ1n) is 9.08. The SMILES string of the molecule is COc1ccc2c(c1)OC(C)(C)CC2NS(=O)(=O)c1ccc2c(c1)sc(=O)n2C. The van der Waals surface area contributed by atoms with Crippen LogP contribution >= 0.6 is 11.3 Å². The minimum atomic E-state index is -3.80. The number of rotatable bonds is 4. The number of ether oxygens (including phenoxy) is 2. The maximum absolute atomic E-state index is 13.1. The number of sulfonamides is 1. The predicted molar refractivity (Wildman–Crippen MR) is 112 cm³/mol. The van der Waals surface area contributed by atoms with E-state index in [1.807, 2.05) is 19.9 Å². The number of aryl methyl sites for hydroxylation is 1. The van der Waals surface area contributed by atoms with Crippen LogP contribution in [0.3, 0.4) is 0 Å². The quantitative estimate of drug-likeness (QED) is 0.682. The molecule has 1 aromatic heterocycles. The van der Waals surface area contributed by atoms with E-state index >= 15 is 0 Å². The molecule has 1 aliphatic rings. The monoisotopic (exact) mass is 434 g/mol. The molecule has 1 unspecified atom stereocenters. The zero-order valence-corrected chi connectivity index (χ0v) is 18.2. The second-order valence-electron chi connectivity index (χ2n) is 7.70. The summed E-state index contributed by atoms with van der Waals surface area (Å²) in [4.78, 5) is 11.9. The maximum atomic E-state index is 13.1. The lowest BCUT2D eigenvalue weighted by Gasteiger charge is -2.37. The first-order valence-corrected chi connectivity index (χ1v) is 11.4. The molecule has 9 heteroatoms. The Bertz CT molecular complexity index is 1260. The number of nitrogens with zero attached hydrogens (tertiary/aromatic N) is 1. The first-order chi connectivity index (χ1) is 13.6. The number of aromatic nitrogens is 1. The largest absolute Gasteiger partial charge is 0.497 e. The number of fused-ring (bicyclic) bond motifs is 2. The van der Waals surface area contributed by atoms with E-state index in [1.54, 1.807) is 38.4 Å². The summed E-state index contributed by atoms with van der Waals surface area (Å²) in [5.41, 5.74) is 0.929. The lowest BCUT2D eigenvalue weighted by atomic mass is 9.90. The van der Waals surface area contributed by atoms with Crippen LogP contribution in [0, 0.1) is 0 Å². The molecule has 0 amide bonds. The van der Waals surface area contributed by atoms with Crippen molar-refractivity contribution in [2.24, 2.45) is 7.05 Å². The van der Waals surface area contributed by atoms with Gasteiger partial charge in [0.2, 0.25) is 10.0 Å². The Kier molecular flexibility index (Phi) is 4.71. The topological polar surface area (TPSA) is 86.6 Å². The summed E-state index contributed by atoms with van der Waals surface area (Å²) in [5, 5.41) is 0. The van der Waals surface area contributed by atoms with Crippen LogP contribution in [0.15, 0.2) is 46.1 Å². The average molecular weight is 435 g/mol. The van der Waals surface area contributed by atoms with Crippen LogP contribution in [-0.2, 0) is 17.1 Å². The molecular formula is C20H22N2O5S2. The molecule has 0 bridgehead atoms. The summed E-state index contributed by atoms with van der Waals surface area (Å²) in [6, 6.07) is 9.66. The zero-order valence-electron chi connectivity index (χ0n) is 16.6. The zero-order chi connectivity index (χ0) is 21.0. The smallest absolute Gasteiger partial charge is 0.307 e. The summed E-state index contributed by atoms with van der Waals surface area (Å²) in [6.45, 7) is 3.84. The highest BCUT2D eigenvalue weighted by atomic mass is 32.2. The molecule has 0 aliphatic carbocycles. The van der Waals surface area contributed by atoms with Crippen LogP contribution in [0.4, 0.5) is 0 Å². The van der Waals surface area contributed by atoms with Gasteiger partial charge < -0.3 is 14.0 Å². The number of hydrogen-bond donors (Lipinski definition) is 1. The first kappa shape index (κ1) is 19.9. The second-order valence-corrected chi connectivity index (χ2v) is 10.4. The van der Waals surface area contributed by atoms with E-state index in [9.17, 15) is 13.2 Å². The van der Waals surface area contributed by atoms with Crippen LogP contribution in [0.2, 0.25) is 0 Å². The van der Waals surface area contributed by atoms with Crippen molar-refractivity contribution in [3.05, 3.63) is 51.6 Å². The van der Waals surface area contributed by atoms with Crippen LogP contribution in [0.1, 0.15) is 31.9 Å². The highest BCUT2D eigenvalue weighted by Crippen LogP contribution is 2.41. The average Bonchev–Trinajstić information content (AvgIpc) is 2.93. The minimum Gasteiger partial charge on any atom is -0.497 e. The van der Waals surface area contributed by atoms with E-state index in [0.717, 1.165) is 16.9 Å². The summed E-state index contributed by atoms with van der Waals surface area (Å²) >= 11 is 1.03. The Morgan fingerprint density at radius 2 is 2.00 bits per heavy atom. The number of nitrogens with one attached hydrogen (secondary N) is 1. The van der Waals surface area contributed by atoms with Gasteiger partial charge in [0.1, 0.15) is 17.1 Å². The third kappa shape index (κ3) is 3.65. The van der Waals surface area contributed by atoms with Crippen LogP contribution < -0.4 is 19.1 Å². The van der Waals surface area contributed by atoms with Gasteiger partial charge >= 0.3 is 4.87 Å². The Hall–Kier alpha value is -2.36. The normalized spacial score (nSPS) is 18.3. The van der Waals surface area contributed by atoms with Gasteiger partial charge in [0, 0.05) is 25.1 Å². The van der Waals surface area contributed by atoms with Crippen molar-refractivity contribution in [1.29, 1.82) is 0 Å². The number of hydrogen-bond acceptors (Lipinski definition) is 6. The molecule has 0 spiro atoms. The van der Waals surface area contributed by atoms with E-state index < -0.39 is 21.7 Å². The fraction of sp³-hybridized carbons (Fsp3) is 0.350. The van der Waals surface area contributed by atoms with Gasteiger partial charge in [-0.15, -0.1) is 0 Å². The van der Waals surface area contributed by atoms with E-state index in [0.29, 0.717) is 28.1 Å². The molecule has 1 N–H and O–H groups in total. The second kappa shape index (κ2) is 6.86. The standard InChI is InChI=1S/C20H22N2O5S2/c1-20(2)11-15(14-7-5-12(26-4)9-17(14)27-20)21-29(24,25)13-6-8-16-18(10-13)28-19(23)22(16)3/h5-10,15,21H,11H2,1-4H3. The van der Waals surface area contributed by atoms with Crippen molar-refractivity contribution < 1.29 is 17.9 Å². The third-order valence-electron chi connectivity index (χ3n) is 5.05. The van der Waals surface area contributed by atoms with Crippen molar-refractivity contribution in [2.45, 2.75) is 36.8 Å². The summed E-state index contributed by atoms with van der Waals surface area (Å²) in [5.74, 6) is 1.25. The Morgan fingerprint density at radius 3 is 2.72 bits per heavy atom. The summed E-state index contributed by atoms with van der Waals surface area (Å²) in [6.07, 6.45) is 0.479. The molecule has 4 rings (SSSR count). The van der Waals surface area contributed by atoms with Gasteiger partial charge in [-0.05, 0) is 38.1 Å². The van der Waals surface area contributed by atoms with Gasteiger partial charge in [-0.3, -0.25) is 4.79 Å². The Labute approximate surface area is 172 Å². The van der Waals surface area contributed by atoms with Gasteiger partial charge in [-0.2, -0.15) is 0 Å². The molecule has 0 fully saturated rings. The van der Waals surface area contributed by atoms with Crippen molar-refractivity contribution in [3.63, 3.8) is 0 Å². The molecule has 154 valence electrons. The molecule has 3 aromatic rings. The van der Waals surface area contributed by atoms with E-state index in [-0.39, 0.29) is 9.77 Å². The van der Waals surface area contributed by atoms with Gasteiger partial charge in [-0.1, -0.05) is 17.4 Å². The summed E-state index contributed by atoms with van der Waals surface area (Å²) < 4.78 is 42.5. The Balaban J connectivity index is 1.72. The van der Waals surface area contributed by atoms with E-state index in [2.05, 4.69) is 4.72 Å². The third-order valence-corrected chi connectivity index (χ3v) is 7.51. The van der Waals surface area contributed by atoms with Crippen molar-refractivity contribution in [3.8, 4) is 11.5 Å². The lowest BCUT2D eigenvalue weighted by molar-refractivity contribution is 0.0699. The van der Waals surface area contributed by atoms with Gasteiger partial charge in [0.05, 0.1) is 28.3 Å². The van der Waals surface area contributed by atoms with Gasteiger partial charge in [-0.25, -0.2) is 13.1 Å². The molecule has 1 aliphatic heterocycles. The van der Waals surface area contributed by atoms with Crippen LogP contribution in [0.25, 0.3) is 10.2 Å². The summed E-state index contributed by atoms with van der Waals surface area (Å²) in [7, 11) is -0.562. The molecular weight excluding hydrogens is 412 g/mol. The molecule has 2 aromatic carbocycles. The maximum Gasteiger partial charge on any atom is 0.307 e. The fourth-order valence-electron chi connectivity index (χ4n) is 3.60. The molecule has 2 heterocycles. The molecule has 0 radical (unpaired) electrons. The highest BCUT2D eigenvalue weighted by Gasteiger charge is 2.36. The molecule has 7 nitrogen and oxygen atoms in total. The van der Waals surface area contributed by atoms with Crippen molar-refractivity contribution >= 4 is 31.6 Å². The number of benzene rings is 2. The lowest BCUT2D eigenvalue weighted by Crippen LogP contribution is -2.41. The van der Waals surface area contributed by atoms with Crippen LogP contribution in [0.5, 0.6) is 11.5 Å². The fourth-order valence-corrected chi connectivity index (χ4v) is 5.84. The molecule has 29 heavy (non-hydrogen) atoms. The number of methoxy groups -OCH3 is 1. The minimum absolute atomic E-state index is 0.128. The highest BCUT2D eigenvalue weighted by molar-refractivity contribution is 7.89. The predicted octanol–water partition coefficient (Wildman–Crippen LogP) is 3.19. The molecule has 0 saturated carbocycles. The van der Waals surface area contributed by atoms with E-state index in [1.165, 1.54) is 10.6 Å². The van der Waals surface area contributed by atoms with Crippen molar-refractivity contribution in [1.82, 2.24) is 9.29 Å². The van der Waals surface area contributed by atoms with Crippen molar-refractivity contribution in [2.75, 3.05) is 7.11 Å². The van der Waals surface area contributed by atoms with Crippen LogP contribution in [-0.4, -0.2) is 25.7 Å². The Morgan fingerprint density at radius 1 is 1.24 bits per heavy atom. The van der Waals surface area contributed by atoms with Gasteiger partial charge in [0.15, 0.2) is 0 Å². The van der Waals surface area contributed by atoms with Gasteiger partial charge in [0.25, 0.3) is 0 Å². The van der Waals surface area contributed by atoms with E-state index in [4.69, 9.17) is 9.47 Å². The molecule has 0 saturated heterocycles. The molecule has 1 atom stereocenters. The number of thiazole rings is 1.